The summed E-state index contributed by atoms with van der Waals surface area (Å²) in [4.78, 5) is 18.6. The molecule has 0 bridgehead atoms. The number of hydrogen-bond donors (Lipinski definition) is 1. The van der Waals surface area contributed by atoms with Crippen LogP contribution in [0.15, 0.2) is 0 Å². The average Bonchev–Trinajstić information content (AvgIpc) is 2.45. The lowest BCUT2D eigenvalue weighted by Gasteiger charge is -2.35. The van der Waals surface area contributed by atoms with Crippen LogP contribution in [0.3, 0.4) is 0 Å². The zero-order valence-electron chi connectivity index (χ0n) is 13.5. The summed E-state index contributed by atoms with van der Waals surface area (Å²) >= 11 is 0. The Morgan fingerprint density at radius 2 is 1.85 bits per heavy atom. The Balaban J connectivity index is 2.19. The van der Waals surface area contributed by atoms with Gasteiger partial charge >= 0.3 is 0 Å². The van der Waals surface area contributed by atoms with Crippen LogP contribution in [0.4, 0.5) is 0 Å². The minimum atomic E-state index is 0.246. The molecule has 1 amide bonds. The highest BCUT2D eigenvalue weighted by Gasteiger charge is 2.20. The monoisotopic (exact) mass is 284 g/mol. The van der Waals surface area contributed by atoms with Crippen molar-refractivity contribution < 1.29 is 4.79 Å². The van der Waals surface area contributed by atoms with Crippen LogP contribution in [0.25, 0.3) is 0 Å². The molecule has 1 heterocycles. The van der Waals surface area contributed by atoms with Crippen molar-refractivity contribution in [1.29, 1.82) is 0 Å². The van der Waals surface area contributed by atoms with E-state index in [4.69, 9.17) is 5.73 Å². The second-order valence-electron chi connectivity index (χ2n) is 6.08. The van der Waals surface area contributed by atoms with Crippen LogP contribution in [-0.2, 0) is 4.79 Å². The molecule has 1 aliphatic rings. The first-order chi connectivity index (χ1) is 9.54. The number of carbonyl (C=O) groups is 1. The van der Waals surface area contributed by atoms with E-state index in [1.54, 1.807) is 0 Å². The number of likely N-dealkylation sites (tertiary alicyclic amines) is 1. The molecule has 0 aromatic rings. The van der Waals surface area contributed by atoms with Gasteiger partial charge in [-0.3, -0.25) is 4.79 Å². The summed E-state index contributed by atoms with van der Waals surface area (Å²) in [7, 11) is 6.28. The highest BCUT2D eigenvalue weighted by Crippen LogP contribution is 2.13. The molecule has 1 saturated heterocycles. The second-order valence-corrected chi connectivity index (χ2v) is 6.08. The lowest BCUT2D eigenvalue weighted by molar-refractivity contribution is -0.130. The number of amides is 1. The third kappa shape index (κ3) is 6.20. The number of nitrogens with two attached hydrogens (primary N) is 1. The predicted octanol–water partition coefficient (Wildman–Crippen LogP) is 0.600. The van der Waals surface area contributed by atoms with Gasteiger partial charge in [0.2, 0.25) is 5.91 Å². The van der Waals surface area contributed by atoms with E-state index in [0.29, 0.717) is 19.0 Å². The van der Waals surface area contributed by atoms with Gasteiger partial charge < -0.3 is 20.4 Å². The van der Waals surface area contributed by atoms with Gasteiger partial charge in [0.15, 0.2) is 0 Å². The first-order valence-electron chi connectivity index (χ1n) is 7.87. The molecule has 118 valence electrons. The Hall–Kier alpha value is -0.650. The number of nitrogens with zero attached hydrogens (tertiary/aromatic N) is 3. The number of unbranched alkanes of at least 4 members (excludes halogenated alkanes) is 1. The molecule has 0 unspecified atom stereocenters. The Kier molecular flexibility index (Phi) is 8.11. The molecular weight excluding hydrogens is 252 g/mol. The van der Waals surface area contributed by atoms with Crippen LogP contribution in [-0.4, -0.2) is 80.5 Å². The standard InChI is InChI=1S/C15H32N4O/c1-17-10-7-14(8-11-17)18(2)12-13-19(3)15(20)6-4-5-9-16/h14H,4-13,16H2,1-3H3. The van der Waals surface area contributed by atoms with Gasteiger partial charge in [0.25, 0.3) is 0 Å². The molecule has 20 heavy (non-hydrogen) atoms. The number of likely N-dealkylation sites (N-methyl/N-ethyl adjacent to an activating group) is 2. The summed E-state index contributed by atoms with van der Waals surface area (Å²) < 4.78 is 0. The number of carbonyl (C=O) groups excluding carboxylic acids is 1. The van der Waals surface area contributed by atoms with Crippen LogP contribution in [0.1, 0.15) is 32.1 Å². The molecule has 5 heteroatoms. The second kappa shape index (κ2) is 9.32. The minimum Gasteiger partial charge on any atom is -0.344 e. The molecule has 0 radical (unpaired) electrons. The fourth-order valence-electron chi connectivity index (χ4n) is 2.66. The van der Waals surface area contributed by atoms with Crippen molar-refractivity contribution in [2.45, 2.75) is 38.1 Å². The summed E-state index contributed by atoms with van der Waals surface area (Å²) in [6.45, 7) is 4.83. The maximum Gasteiger partial charge on any atom is 0.222 e. The van der Waals surface area contributed by atoms with E-state index in [2.05, 4.69) is 23.9 Å². The lowest BCUT2D eigenvalue weighted by Crippen LogP contribution is -2.44. The first-order valence-corrected chi connectivity index (χ1v) is 7.87. The molecule has 0 saturated carbocycles. The van der Waals surface area contributed by atoms with Gasteiger partial charge in [0.1, 0.15) is 0 Å². The molecule has 0 aliphatic carbocycles. The third-order valence-corrected chi connectivity index (χ3v) is 4.37. The Bertz CT molecular complexity index is 277. The first kappa shape index (κ1) is 17.4. The molecule has 2 N–H and O–H groups in total. The minimum absolute atomic E-state index is 0.246. The average molecular weight is 284 g/mol. The molecule has 0 atom stereocenters. The molecule has 5 nitrogen and oxygen atoms in total. The Labute approximate surface area is 124 Å². The topological polar surface area (TPSA) is 52.8 Å². The Morgan fingerprint density at radius 1 is 1.20 bits per heavy atom. The molecule has 1 fully saturated rings. The van der Waals surface area contributed by atoms with Gasteiger partial charge in [-0.1, -0.05) is 0 Å². The lowest BCUT2D eigenvalue weighted by atomic mass is 10.0. The molecule has 0 aromatic carbocycles. The highest BCUT2D eigenvalue weighted by molar-refractivity contribution is 5.75. The van der Waals surface area contributed by atoms with Crippen molar-refractivity contribution in [3.63, 3.8) is 0 Å². The summed E-state index contributed by atoms with van der Waals surface area (Å²) in [6.07, 6.45) is 4.95. The van der Waals surface area contributed by atoms with Crippen LogP contribution in [0, 0.1) is 0 Å². The van der Waals surface area contributed by atoms with Gasteiger partial charge in [-0.05, 0) is 59.4 Å². The number of rotatable bonds is 8. The maximum absolute atomic E-state index is 11.9. The van der Waals surface area contributed by atoms with E-state index >= 15 is 0 Å². The van der Waals surface area contributed by atoms with Crippen molar-refractivity contribution in [2.75, 3.05) is 53.9 Å². The van der Waals surface area contributed by atoms with Crippen LogP contribution < -0.4 is 5.73 Å². The van der Waals surface area contributed by atoms with Crippen molar-refractivity contribution in [3.05, 3.63) is 0 Å². The molecule has 0 aromatic heterocycles. The zero-order valence-corrected chi connectivity index (χ0v) is 13.5. The fourth-order valence-corrected chi connectivity index (χ4v) is 2.66. The van der Waals surface area contributed by atoms with Crippen molar-refractivity contribution in [3.8, 4) is 0 Å². The van der Waals surface area contributed by atoms with Crippen LogP contribution in [0.5, 0.6) is 0 Å². The SMILES string of the molecule is CN1CCC(N(C)CCN(C)C(=O)CCCCN)CC1. The van der Waals surface area contributed by atoms with E-state index in [1.807, 2.05) is 11.9 Å². The quantitative estimate of drug-likeness (QED) is 0.663. The summed E-state index contributed by atoms with van der Waals surface area (Å²) in [5, 5.41) is 0. The molecular formula is C15H32N4O. The smallest absolute Gasteiger partial charge is 0.222 e. The van der Waals surface area contributed by atoms with Gasteiger partial charge in [-0.2, -0.15) is 0 Å². The third-order valence-electron chi connectivity index (χ3n) is 4.37. The fraction of sp³-hybridized carbons (Fsp3) is 0.933. The van der Waals surface area contributed by atoms with Crippen LogP contribution in [0.2, 0.25) is 0 Å². The van der Waals surface area contributed by atoms with Gasteiger partial charge in [0, 0.05) is 32.6 Å². The normalized spacial score (nSPS) is 17.6. The van der Waals surface area contributed by atoms with Crippen molar-refractivity contribution in [1.82, 2.24) is 14.7 Å². The van der Waals surface area contributed by atoms with Crippen molar-refractivity contribution >= 4 is 5.91 Å². The predicted molar refractivity (Wildman–Crippen MR) is 83.7 cm³/mol. The van der Waals surface area contributed by atoms with E-state index < -0.39 is 0 Å². The van der Waals surface area contributed by atoms with Gasteiger partial charge in [-0.15, -0.1) is 0 Å². The largest absolute Gasteiger partial charge is 0.344 e. The van der Waals surface area contributed by atoms with E-state index in [9.17, 15) is 4.79 Å². The number of piperidine rings is 1. The molecule has 1 rings (SSSR count). The molecule has 1 aliphatic heterocycles. The summed E-state index contributed by atoms with van der Waals surface area (Å²) in [5.74, 6) is 0.246. The van der Waals surface area contributed by atoms with E-state index in [-0.39, 0.29) is 5.91 Å². The van der Waals surface area contributed by atoms with Gasteiger partial charge in [-0.25, -0.2) is 0 Å². The Morgan fingerprint density at radius 3 is 2.45 bits per heavy atom. The van der Waals surface area contributed by atoms with E-state index in [0.717, 1.165) is 25.9 Å². The molecule has 0 spiro atoms. The maximum atomic E-state index is 11.9. The summed E-state index contributed by atoms with van der Waals surface area (Å²) in [6, 6.07) is 0.673. The van der Waals surface area contributed by atoms with Gasteiger partial charge in [0.05, 0.1) is 0 Å². The number of hydrogen-bond acceptors (Lipinski definition) is 4. The highest BCUT2D eigenvalue weighted by atomic mass is 16.2. The zero-order chi connectivity index (χ0) is 15.0. The van der Waals surface area contributed by atoms with Crippen molar-refractivity contribution in [2.24, 2.45) is 5.73 Å². The van der Waals surface area contributed by atoms with Crippen LogP contribution >= 0.6 is 0 Å². The summed E-state index contributed by atoms with van der Waals surface area (Å²) in [5.41, 5.74) is 5.45. The van der Waals surface area contributed by atoms with E-state index in [1.165, 1.54) is 25.9 Å².